The lowest BCUT2D eigenvalue weighted by Gasteiger charge is -2.01. The maximum atomic E-state index is 10.5. The van der Waals surface area contributed by atoms with Crippen molar-refractivity contribution in [2.45, 2.75) is 6.42 Å². The molecule has 11 heavy (non-hydrogen) atoms. The first-order chi connectivity index (χ1) is 5.29. The zero-order valence-electron chi connectivity index (χ0n) is 6.23. The molecular formula is C9H11NO. The normalized spacial score (nSPS) is 16.7. The van der Waals surface area contributed by atoms with Gasteiger partial charge in [0.1, 0.15) is 0 Å². The van der Waals surface area contributed by atoms with E-state index in [9.17, 15) is 4.79 Å². The van der Waals surface area contributed by atoms with Crippen molar-refractivity contribution >= 4 is 5.91 Å². The van der Waals surface area contributed by atoms with E-state index in [1.165, 1.54) is 0 Å². The Morgan fingerprint density at radius 3 is 2.18 bits per heavy atom. The van der Waals surface area contributed by atoms with Crippen LogP contribution in [0.4, 0.5) is 0 Å². The number of amides is 1. The lowest BCUT2D eigenvalue weighted by molar-refractivity contribution is -0.118. The van der Waals surface area contributed by atoms with E-state index in [0.717, 1.165) is 0 Å². The minimum Gasteiger partial charge on any atom is -0.370 e. The number of hydrogen-bond donors (Lipinski definition) is 1. The Morgan fingerprint density at radius 2 is 1.73 bits per heavy atom. The molecule has 0 radical (unpaired) electrons. The number of primary amides is 1. The highest BCUT2D eigenvalue weighted by Crippen LogP contribution is 2.09. The summed E-state index contributed by atoms with van der Waals surface area (Å²) < 4.78 is 0. The van der Waals surface area contributed by atoms with Crippen molar-refractivity contribution in [1.82, 2.24) is 0 Å². The fraction of sp³-hybridized carbons (Fsp3) is 0.222. The molecule has 1 aliphatic carbocycles. The van der Waals surface area contributed by atoms with Gasteiger partial charge in [-0.05, 0) is 0 Å². The Kier molecular flexibility index (Phi) is 2.66. The molecule has 0 spiro atoms. The van der Waals surface area contributed by atoms with Crippen LogP contribution in [0.3, 0.4) is 0 Å². The monoisotopic (exact) mass is 149 g/mol. The third-order valence-electron chi connectivity index (χ3n) is 1.49. The summed E-state index contributed by atoms with van der Waals surface area (Å²) >= 11 is 0. The van der Waals surface area contributed by atoms with Crippen LogP contribution in [-0.4, -0.2) is 5.91 Å². The van der Waals surface area contributed by atoms with Gasteiger partial charge in [-0.15, -0.1) is 0 Å². The minimum absolute atomic E-state index is 0.169. The van der Waals surface area contributed by atoms with Crippen LogP contribution in [0, 0.1) is 5.92 Å². The van der Waals surface area contributed by atoms with E-state index >= 15 is 0 Å². The van der Waals surface area contributed by atoms with Crippen LogP contribution in [0.5, 0.6) is 0 Å². The van der Waals surface area contributed by atoms with Crippen molar-refractivity contribution in [3.63, 3.8) is 0 Å². The molecule has 1 aliphatic rings. The first-order valence-electron chi connectivity index (χ1n) is 3.59. The second-order valence-corrected chi connectivity index (χ2v) is 2.49. The van der Waals surface area contributed by atoms with Gasteiger partial charge in [-0.3, -0.25) is 4.79 Å². The number of hydrogen-bond acceptors (Lipinski definition) is 1. The Morgan fingerprint density at radius 1 is 1.18 bits per heavy atom. The molecule has 0 aromatic heterocycles. The average molecular weight is 149 g/mol. The van der Waals surface area contributed by atoms with Crippen molar-refractivity contribution in [1.29, 1.82) is 0 Å². The summed E-state index contributed by atoms with van der Waals surface area (Å²) in [5, 5.41) is 0. The fourth-order valence-corrected chi connectivity index (χ4v) is 0.975. The highest BCUT2D eigenvalue weighted by atomic mass is 16.1. The molecule has 58 valence electrons. The Hall–Kier alpha value is -1.31. The van der Waals surface area contributed by atoms with Gasteiger partial charge in [-0.2, -0.15) is 0 Å². The topological polar surface area (TPSA) is 43.1 Å². The van der Waals surface area contributed by atoms with Crippen LogP contribution >= 0.6 is 0 Å². The van der Waals surface area contributed by atoms with Crippen LogP contribution in [-0.2, 0) is 4.79 Å². The van der Waals surface area contributed by atoms with Crippen molar-refractivity contribution in [2.75, 3.05) is 0 Å². The molecule has 0 saturated heterocycles. The van der Waals surface area contributed by atoms with Crippen molar-refractivity contribution in [3.8, 4) is 0 Å². The van der Waals surface area contributed by atoms with Crippen LogP contribution in [0.2, 0.25) is 0 Å². The molecule has 0 aliphatic heterocycles. The summed E-state index contributed by atoms with van der Waals surface area (Å²) in [5.74, 6) is -0.0892. The van der Waals surface area contributed by atoms with Crippen LogP contribution in [0.15, 0.2) is 36.5 Å². The number of allylic oxidation sites excluding steroid dienone is 6. The lowest BCUT2D eigenvalue weighted by Crippen LogP contribution is -2.13. The predicted octanol–water partition coefficient (Wildman–Crippen LogP) is 1.16. The van der Waals surface area contributed by atoms with E-state index in [0.29, 0.717) is 6.42 Å². The second-order valence-electron chi connectivity index (χ2n) is 2.49. The summed E-state index contributed by atoms with van der Waals surface area (Å²) in [7, 11) is 0. The third-order valence-corrected chi connectivity index (χ3v) is 1.49. The van der Waals surface area contributed by atoms with Gasteiger partial charge in [0.25, 0.3) is 0 Å². The van der Waals surface area contributed by atoms with Gasteiger partial charge in [-0.1, -0.05) is 36.5 Å². The lowest BCUT2D eigenvalue weighted by atomic mass is 10.1. The molecule has 0 atom stereocenters. The molecule has 0 bridgehead atoms. The molecule has 0 saturated carbocycles. The largest absolute Gasteiger partial charge is 0.370 e. The Labute approximate surface area is 66.1 Å². The number of carbonyl (C=O) groups is 1. The fourth-order valence-electron chi connectivity index (χ4n) is 0.975. The maximum Gasteiger partial charge on any atom is 0.218 e. The summed E-state index contributed by atoms with van der Waals surface area (Å²) in [6.45, 7) is 0. The highest BCUT2D eigenvalue weighted by molar-refractivity contribution is 5.74. The standard InChI is InChI=1S/C9H11NO/c10-9(11)7-8-5-3-1-2-4-6-8/h1-6,8H,7H2,(H2,10,11). The van der Waals surface area contributed by atoms with E-state index in [-0.39, 0.29) is 11.8 Å². The maximum absolute atomic E-state index is 10.5. The highest BCUT2D eigenvalue weighted by Gasteiger charge is 2.03. The number of nitrogens with two attached hydrogens (primary N) is 1. The first-order valence-corrected chi connectivity index (χ1v) is 3.59. The Bertz CT molecular complexity index is 210. The SMILES string of the molecule is NC(=O)CC1C=CC=CC=C1. The molecule has 0 heterocycles. The first kappa shape index (κ1) is 7.79. The summed E-state index contributed by atoms with van der Waals surface area (Å²) in [6.07, 6.45) is 12.0. The molecule has 0 aromatic rings. The molecule has 0 aromatic carbocycles. The zero-order valence-corrected chi connectivity index (χ0v) is 6.23. The van der Waals surface area contributed by atoms with E-state index in [1.54, 1.807) is 0 Å². The molecular weight excluding hydrogens is 138 g/mol. The predicted molar refractivity (Wildman–Crippen MR) is 44.7 cm³/mol. The van der Waals surface area contributed by atoms with E-state index in [4.69, 9.17) is 5.73 Å². The molecule has 2 heteroatoms. The molecule has 0 unspecified atom stereocenters. The smallest absolute Gasteiger partial charge is 0.218 e. The molecule has 0 fully saturated rings. The van der Waals surface area contributed by atoms with Gasteiger partial charge in [0.15, 0.2) is 0 Å². The van der Waals surface area contributed by atoms with Crippen molar-refractivity contribution in [3.05, 3.63) is 36.5 Å². The number of carbonyl (C=O) groups excluding carboxylic acids is 1. The number of rotatable bonds is 2. The van der Waals surface area contributed by atoms with E-state index < -0.39 is 0 Å². The van der Waals surface area contributed by atoms with Gasteiger partial charge in [-0.25, -0.2) is 0 Å². The van der Waals surface area contributed by atoms with Gasteiger partial charge in [0.05, 0.1) is 0 Å². The van der Waals surface area contributed by atoms with E-state index in [1.807, 2.05) is 36.5 Å². The second kappa shape index (κ2) is 3.76. The van der Waals surface area contributed by atoms with Gasteiger partial charge in [0, 0.05) is 12.3 Å². The molecule has 2 nitrogen and oxygen atoms in total. The quantitative estimate of drug-likeness (QED) is 0.629. The summed E-state index contributed by atoms with van der Waals surface area (Å²) in [6, 6.07) is 0. The summed E-state index contributed by atoms with van der Waals surface area (Å²) in [4.78, 5) is 10.5. The average Bonchev–Trinajstić information content (AvgIpc) is 2.14. The molecule has 1 amide bonds. The van der Waals surface area contributed by atoms with Gasteiger partial charge in [0.2, 0.25) is 5.91 Å². The third kappa shape index (κ3) is 2.85. The summed E-state index contributed by atoms with van der Waals surface area (Å²) in [5.41, 5.74) is 5.05. The van der Waals surface area contributed by atoms with Crippen LogP contribution in [0.25, 0.3) is 0 Å². The zero-order chi connectivity index (χ0) is 8.10. The van der Waals surface area contributed by atoms with Crippen molar-refractivity contribution in [2.24, 2.45) is 11.7 Å². The Balaban J connectivity index is 2.53. The van der Waals surface area contributed by atoms with Crippen molar-refractivity contribution < 1.29 is 4.79 Å². The van der Waals surface area contributed by atoms with E-state index in [2.05, 4.69) is 0 Å². The minimum atomic E-state index is -0.258. The molecule has 2 N–H and O–H groups in total. The molecule has 1 rings (SSSR count). The van der Waals surface area contributed by atoms with Crippen LogP contribution < -0.4 is 5.73 Å². The van der Waals surface area contributed by atoms with Gasteiger partial charge >= 0.3 is 0 Å². The van der Waals surface area contributed by atoms with Crippen LogP contribution in [0.1, 0.15) is 6.42 Å². The van der Waals surface area contributed by atoms with Gasteiger partial charge < -0.3 is 5.73 Å².